The lowest BCUT2D eigenvalue weighted by Crippen LogP contribution is -1.93. The van der Waals surface area contributed by atoms with Crippen LogP contribution in [0.3, 0.4) is 0 Å². The average molecular weight is 619 g/mol. The van der Waals surface area contributed by atoms with Crippen molar-refractivity contribution < 1.29 is 0 Å². The fourth-order valence-corrected chi connectivity index (χ4v) is 4.85. The SMILES string of the molecule is C/C=C(/N)c1ccccc1.C=N.CC.CC1=C(c2ccc(-c3ccc(C)cc3)c3ccccc23)\C=C/C=C/C=C\1.Cc1ccccc1. The van der Waals surface area contributed by atoms with Crippen molar-refractivity contribution in [3.63, 3.8) is 0 Å². The van der Waals surface area contributed by atoms with E-state index in [1.807, 2.05) is 75.4 Å². The third kappa shape index (κ3) is 11.8. The van der Waals surface area contributed by atoms with E-state index in [0.29, 0.717) is 0 Å². The Morgan fingerprint density at radius 2 is 1.02 bits per heavy atom. The Labute approximate surface area is 283 Å². The molecule has 1 aliphatic rings. The van der Waals surface area contributed by atoms with Gasteiger partial charge in [-0.2, -0.15) is 0 Å². The first-order chi connectivity index (χ1) is 23.0. The van der Waals surface area contributed by atoms with Crippen LogP contribution in [-0.4, -0.2) is 6.72 Å². The summed E-state index contributed by atoms with van der Waals surface area (Å²) in [5.74, 6) is 0. The van der Waals surface area contributed by atoms with Gasteiger partial charge in [0.1, 0.15) is 0 Å². The smallest absolute Gasteiger partial charge is 0.0344 e. The number of hydrogen-bond acceptors (Lipinski definition) is 2. The molecule has 0 fully saturated rings. The van der Waals surface area contributed by atoms with Crippen molar-refractivity contribution >= 4 is 28.8 Å². The second kappa shape index (κ2) is 21.3. The van der Waals surface area contributed by atoms with Crippen LogP contribution in [0.2, 0.25) is 0 Å². The van der Waals surface area contributed by atoms with Crippen molar-refractivity contribution in [2.45, 2.75) is 41.5 Å². The van der Waals surface area contributed by atoms with Crippen molar-refractivity contribution in [3.05, 3.63) is 192 Å². The molecule has 5 aromatic carbocycles. The van der Waals surface area contributed by atoms with E-state index in [1.54, 1.807) is 0 Å². The zero-order chi connectivity index (χ0) is 34.4. The Balaban J connectivity index is 0.000000299. The van der Waals surface area contributed by atoms with Gasteiger partial charge in [0.25, 0.3) is 0 Å². The summed E-state index contributed by atoms with van der Waals surface area (Å²) in [4.78, 5) is 0. The highest BCUT2D eigenvalue weighted by molar-refractivity contribution is 6.04. The first kappa shape index (κ1) is 37.7. The first-order valence-corrected chi connectivity index (χ1v) is 16.1. The van der Waals surface area contributed by atoms with Crippen LogP contribution >= 0.6 is 0 Å². The molecule has 0 saturated heterocycles. The number of nitrogens with one attached hydrogen (secondary N) is 1. The number of nitrogens with two attached hydrogens (primary N) is 1. The summed E-state index contributed by atoms with van der Waals surface area (Å²) in [5, 5.41) is 8.09. The molecule has 0 radical (unpaired) electrons. The Kier molecular flexibility index (Phi) is 17.1. The summed E-state index contributed by atoms with van der Waals surface area (Å²) < 4.78 is 0. The van der Waals surface area contributed by atoms with E-state index < -0.39 is 0 Å². The molecule has 6 rings (SSSR count). The van der Waals surface area contributed by atoms with Crippen molar-refractivity contribution in [1.29, 1.82) is 5.41 Å². The lowest BCUT2D eigenvalue weighted by molar-refractivity contribution is 1.47. The van der Waals surface area contributed by atoms with Gasteiger partial charge in [0.15, 0.2) is 0 Å². The summed E-state index contributed by atoms with van der Waals surface area (Å²) in [7, 11) is 0. The molecule has 0 unspecified atom stereocenters. The predicted molar refractivity (Wildman–Crippen MR) is 211 cm³/mol. The minimum Gasteiger partial charge on any atom is -0.399 e. The maximum absolute atomic E-state index is 5.66. The van der Waals surface area contributed by atoms with Crippen LogP contribution in [0.25, 0.3) is 33.2 Å². The van der Waals surface area contributed by atoms with Gasteiger partial charge < -0.3 is 11.1 Å². The number of hydrogen-bond donors (Lipinski definition) is 2. The van der Waals surface area contributed by atoms with Crippen molar-refractivity contribution in [2.75, 3.05) is 0 Å². The molecule has 0 saturated carbocycles. The van der Waals surface area contributed by atoms with Crippen LogP contribution in [0, 0.1) is 19.3 Å². The Bertz CT molecular complexity index is 1790. The standard InChI is InChI=1S/C26H22.C9H11N.C7H8.C2H6.CH3N/c1-19-13-15-21(16-14-19)23-17-18-26(25-12-8-7-11-24(23)25)22-10-6-4-3-5-9-20(22)2;1-2-9(10)8-6-4-3-5-7-8;1-7-5-3-2-4-6-7;2*1-2/h3-18H,1-2H3;2-7H,10H2,1H3;2-6H,1H3;1-2H3;2H,1H2/b4-3+,5-3?,6-4?,9-5-,10-6-,20-9?,22-10?,22-20-;9-2+;;;. The molecule has 0 spiro atoms. The maximum atomic E-state index is 5.66. The molecule has 0 aromatic heterocycles. The monoisotopic (exact) mass is 618 g/mol. The van der Waals surface area contributed by atoms with E-state index in [2.05, 4.69) is 137 Å². The minimum absolute atomic E-state index is 0.834. The topological polar surface area (TPSA) is 49.9 Å². The molecule has 0 aliphatic heterocycles. The van der Waals surface area contributed by atoms with E-state index in [4.69, 9.17) is 11.1 Å². The number of fused-ring (bicyclic) bond motifs is 1. The van der Waals surface area contributed by atoms with E-state index in [0.717, 1.165) is 11.3 Å². The van der Waals surface area contributed by atoms with Gasteiger partial charge >= 0.3 is 0 Å². The normalized spacial score (nSPS) is 15.2. The lowest BCUT2D eigenvalue weighted by Gasteiger charge is -2.14. The fraction of sp³-hybridized carbons (Fsp3) is 0.133. The van der Waals surface area contributed by atoms with E-state index in [1.165, 1.54) is 49.7 Å². The van der Waals surface area contributed by atoms with Crippen molar-refractivity contribution in [3.8, 4) is 11.1 Å². The summed E-state index contributed by atoms with van der Waals surface area (Å²) in [6, 6.07) is 42.2. The Hall–Kier alpha value is -5.47. The molecule has 1 aliphatic carbocycles. The maximum Gasteiger partial charge on any atom is 0.0344 e. The molecule has 47 heavy (non-hydrogen) atoms. The molecule has 0 atom stereocenters. The van der Waals surface area contributed by atoms with Gasteiger partial charge in [-0.15, -0.1) is 0 Å². The molecular formula is C45H50N2. The minimum atomic E-state index is 0.834. The van der Waals surface area contributed by atoms with Gasteiger partial charge in [0, 0.05) is 5.70 Å². The number of benzene rings is 5. The Morgan fingerprint density at radius 3 is 1.55 bits per heavy atom. The van der Waals surface area contributed by atoms with Gasteiger partial charge in [-0.05, 0) is 78.6 Å². The van der Waals surface area contributed by atoms with Crippen LogP contribution in [0.5, 0.6) is 0 Å². The second-order valence-electron chi connectivity index (χ2n) is 10.5. The highest BCUT2D eigenvalue weighted by Crippen LogP contribution is 2.35. The molecule has 2 nitrogen and oxygen atoms in total. The fourth-order valence-electron chi connectivity index (χ4n) is 4.85. The molecule has 5 aromatic rings. The van der Waals surface area contributed by atoms with Crippen LogP contribution < -0.4 is 5.73 Å². The van der Waals surface area contributed by atoms with Crippen LogP contribution in [0.15, 0.2) is 169 Å². The van der Waals surface area contributed by atoms with Gasteiger partial charge in [0.05, 0.1) is 0 Å². The number of aryl methyl sites for hydroxylation is 2. The molecule has 2 heteroatoms. The number of rotatable bonds is 3. The molecule has 0 heterocycles. The molecule has 3 N–H and O–H groups in total. The largest absolute Gasteiger partial charge is 0.399 e. The summed E-state index contributed by atoms with van der Waals surface area (Å²) in [6.45, 7) is 14.8. The Morgan fingerprint density at radius 1 is 0.553 bits per heavy atom. The lowest BCUT2D eigenvalue weighted by atomic mass is 9.89. The summed E-state index contributed by atoms with van der Waals surface area (Å²) in [6.07, 6.45) is 14.6. The quantitative estimate of drug-likeness (QED) is 0.194. The second-order valence-corrected chi connectivity index (χ2v) is 10.5. The zero-order valence-corrected chi connectivity index (χ0v) is 28.9. The molecular weight excluding hydrogens is 569 g/mol. The third-order valence-electron chi connectivity index (χ3n) is 7.30. The van der Waals surface area contributed by atoms with Crippen LogP contribution in [0.1, 0.15) is 49.9 Å². The number of allylic oxidation sites excluding steroid dienone is 9. The highest BCUT2D eigenvalue weighted by Gasteiger charge is 2.11. The predicted octanol–water partition coefficient (Wildman–Crippen LogP) is 12.6. The molecule has 0 bridgehead atoms. The highest BCUT2D eigenvalue weighted by atomic mass is 14.6. The van der Waals surface area contributed by atoms with Gasteiger partial charge in [-0.3, -0.25) is 0 Å². The average Bonchev–Trinajstić information content (AvgIpc) is 3.13. The zero-order valence-electron chi connectivity index (χ0n) is 28.9. The van der Waals surface area contributed by atoms with Crippen molar-refractivity contribution in [1.82, 2.24) is 0 Å². The first-order valence-electron chi connectivity index (χ1n) is 16.1. The van der Waals surface area contributed by atoms with E-state index in [9.17, 15) is 0 Å². The van der Waals surface area contributed by atoms with Gasteiger partial charge in [0.2, 0.25) is 0 Å². The third-order valence-corrected chi connectivity index (χ3v) is 7.30. The summed E-state index contributed by atoms with van der Waals surface area (Å²) >= 11 is 0. The van der Waals surface area contributed by atoms with Gasteiger partial charge in [-0.25, -0.2) is 0 Å². The molecule has 240 valence electrons. The van der Waals surface area contributed by atoms with Crippen LogP contribution in [0.4, 0.5) is 0 Å². The van der Waals surface area contributed by atoms with Crippen molar-refractivity contribution in [2.24, 2.45) is 5.73 Å². The van der Waals surface area contributed by atoms with E-state index >= 15 is 0 Å². The van der Waals surface area contributed by atoms with Crippen LogP contribution in [-0.2, 0) is 0 Å². The summed E-state index contributed by atoms with van der Waals surface area (Å²) in [5.41, 5.74) is 16.6. The molecule has 0 amide bonds. The van der Waals surface area contributed by atoms with Gasteiger partial charge in [-0.1, -0.05) is 189 Å². The van der Waals surface area contributed by atoms with E-state index in [-0.39, 0.29) is 0 Å².